The van der Waals surface area contributed by atoms with Gasteiger partial charge in [0.05, 0.1) is 21.8 Å². The van der Waals surface area contributed by atoms with Crippen LogP contribution in [0.2, 0.25) is 0 Å². The lowest BCUT2D eigenvalue weighted by molar-refractivity contribution is 0.0950. The fourth-order valence-corrected chi connectivity index (χ4v) is 3.49. The molecule has 0 fully saturated rings. The smallest absolute Gasteiger partial charge is 0.408 e. The van der Waals surface area contributed by atoms with Gasteiger partial charge in [0.1, 0.15) is 5.82 Å². The molecule has 1 amide bonds. The fraction of sp³-hybridized carbons (Fsp3) is 0.105. The molecule has 0 aliphatic rings. The van der Waals surface area contributed by atoms with Crippen LogP contribution in [0.3, 0.4) is 0 Å². The summed E-state index contributed by atoms with van der Waals surface area (Å²) >= 11 is 1.47. The number of thiazole rings is 1. The van der Waals surface area contributed by atoms with E-state index in [2.05, 4.69) is 15.3 Å². The number of nitrogens with zero attached hydrogens (tertiary/aromatic N) is 1. The molecule has 0 aliphatic heterocycles. The number of nitrogens with one attached hydrogen (secondary N) is 2. The number of aromatic nitrogens is 2. The molecule has 2 aromatic heterocycles. The first-order valence-corrected chi connectivity index (χ1v) is 9.08. The van der Waals surface area contributed by atoms with Crippen LogP contribution in [0.25, 0.3) is 22.4 Å². The summed E-state index contributed by atoms with van der Waals surface area (Å²) in [5, 5.41) is 5.44. The van der Waals surface area contributed by atoms with Crippen LogP contribution in [0.1, 0.15) is 15.4 Å². The van der Waals surface area contributed by atoms with Crippen LogP contribution < -0.4 is 11.1 Å². The summed E-state index contributed by atoms with van der Waals surface area (Å²) in [5.74, 6) is -1.48. The number of amides is 1. The number of carbonyl (C=O) groups is 1. The zero-order valence-electron chi connectivity index (χ0n) is 14.0. The molecule has 0 unspecified atom stereocenters. The molecule has 0 saturated heterocycles. The van der Waals surface area contributed by atoms with Gasteiger partial charge in [-0.15, -0.1) is 11.3 Å². The third kappa shape index (κ3) is 3.65. The lowest BCUT2D eigenvalue weighted by Crippen LogP contribution is -2.26. The average molecular weight is 383 g/mol. The number of H-pyrrole nitrogens is 1. The van der Waals surface area contributed by atoms with Gasteiger partial charge in [0.2, 0.25) is 0 Å². The number of aromatic amines is 1. The van der Waals surface area contributed by atoms with Crippen LogP contribution in [0.4, 0.5) is 4.39 Å². The number of halogens is 1. The summed E-state index contributed by atoms with van der Waals surface area (Å²) in [6.07, 6.45) is 0.534. The van der Waals surface area contributed by atoms with Gasteiger partial charge in [0, 0.05) is 23.9 Å². The number of benzene rings is 2. The minimum atomic E-state index is -0.543. The van der Waals surface area contributed by atoms with Crippen molar-refractivity contribution in [1.82, 2.24) is 15.3 Å². The second-order valence-corrected chi connectivity index (χ2v) is 6.78. The van der Waals surface area contributed by atoms with Crippen LogP contribution in [-0.2, 0) is 6.42 Å². The average Bonchev–Trinajstić information content (AvgIpc) is 3.26. The summed E-state index contributed by atoms with van der Waals surface area (Å²) in [4.78, 5) is 30.4. The van der Waals surface area contributed by atoms with Crippen molar-refractivity contribution in [2.24, 2.45) is 0 Å². The van der Waals surface area contributed by atoms with Gasteiger partial charge in [-0.25, -0.2) is 14.2 Å². The van der Waals surface area contributed by atoms with E-state index in [1.165, 1.54) is 23.5 Å². The Balaban J connectivity index is 1.41. The van der Waals surface area contributed by atoms with E-state index < -0.39 is 17.5 Å². The molecule has 27 heavy (non-hydrogen) atoms. The van der Waals surface area contributed by atoms with Crippen molar-refractivity contribution < 1.29 is 13.6 Å². The van der Waals surface area contributed by atoms with Crippen LogP contribution in [-0.4, -0.2) is 22.4 Å². The van der Waals surface area contributed by atoms with Crippen LogP contribution in [0.15, 0.2) is 57.1 Å². The molecular formula is C19H14FN3O3S. The Labute approximate surface area is 156 Å². The van der Waals surface area contributed by atoms with Crippen molar-refractivity contribution in [2.75, 3.05) is 6.54 Å². The van der Waals surface area contributed by atoms with Crippen LogP contribution in [0, 0.1) is 5.82 Å². The number of carbonyl (C=O) groups excluding carboxylic acids is 1. The molecule has 4 aromatic rings. The highest BCUT2D eigenvalue weighted by Gasteiger charge is 2.11. The van der Waals surface area contributed by atoms with Gasteiger partial charge in [0.15, 0.2) is 5.58 Å². The number of hydrogen-bond donors (Lipinski definition) is 2. The van der Waals surface area contributed by atoms with Crippen LogP contribution >= 0.6 is 11.3 Å². The molecule has 0 saturated carbocycles. The summed E-state index contributed by atoms with van der Waals surface area (Å²) in [7, 11) is 0. The maximum Gasteiger partial charge on any atom is 0.417 e. The second-order valence-electron chi connectivity index (χ2n) is 5.84. The van der Waals surface area contributed by atoms with Gasteiger partial charge < -0.3 is 9.73 Å². The Morgan fingerprint density at radius 1 is 1.26 bits per heavy atom. The van der Waals surface area contributed by atoms with Crippen molar-refractivity contribution in [2.45, 2.75) is 6.42 Å². The van der Waals surface area contributed by atoms with Crippen molar-refractivity contribution in [3.8, 4) is 11.3 Å². The van der Waals surface area contributed by atoms with E-state index in [0.29, 0.717) is 24.1 Å². The van der Waals surface area contributed by atoms with Crippen molar-refractivity contribution >= 4 is 28.3 Å². The number of fused-ring (bicyclic) bond motifs is 1. The van der Waals surface area contributed by atoms with Crippen molar-refractivity contribution in [1.29, 1.82) is 0 Å². The summed E-state index contributed by atoms with van der Waals surface area (Å²) in [6, 6.07) is 11.2. The Bertz CT molecular complexity index is 1180. The normalized spacial score (nSPS) is 11.0. The largest absolute Gasteiger partial charge is 0.417 e. The highest BCUT2D eigenvalue weighted by molar-refractivity contribution is 7.09. The van der Waals surface area contributed by atoms with E-state index in [9.17, 15) is 14.0 Å². The first-order valence-electron chi connectivity index (χ1n) is 8.20. The number of hydrogen-bond acceptors (Lipinski definition) is 5. The van der Waals surface area contributed by atoms with Gasteiger partial charge in [0.25, 0.3) is 5.91 Å². The lowest BCUT2D eigenvalue weighted by Gasteiger charge is -2.04. The Hall–Kier alpha value is -3.26. The minimum absolute atomic E-state index is 0.0265. The monoisotopic (exact) mass is 383 g/mol. The molecule has 8 heteroatoms. The van der Waals surface area contributed by atoms with Gasteiger partial charge in [-0.1, -0.05) is 18.2 Å². The zero-order chi connectivity index (χ0) is 18.8. The third-order valence-electron chi connectivity index (χ3n) is 4.01. The minimum Gasteiger partial charge on any atom is -0.408 e. The van der Waals surface area contributed by atoms with E-state index in [0.717, 1.165) is 16.3 Å². The molecule has 0 atom stereocenters. The highest BCUT2D eigenvalue weighted by atomic mass is 32.1. The van der Waals surface area contributed by atoms with E-state index in [-0.39, 0.29) is 5.56 Å². The van der Waals surface area contributed by atoms with Gasteiger partial charge >= 0.3 is 5.76 Å². The molecule has 2 aromatic carbocycles. The lowest BCUT2D eigenvalue weighted by atomic mass is 10.1. The number of rotatable bonds is 5. The van der Waals surface area contributed by atoms with E-state index >= 15 is 0 Å². The van der Waals surface area contributed by atoms with E-state index in [1.54, 1.807) is 24.3 Å². The molecule has 136 valence electrons. The standard InChI is InChI=1S/C19H14FN3O3S/c20-13-4-2-1-3-12(13)18(24)21-8-7-17-22-15(10-27-17)11-5-6-14-16(9-11)26-19(25)23-14/h1-6,9-10H,7-8H2,(H,21,24)(H,23,25). The Morgan fingerprint density at radius 3 is 2.96 bits per heavy atom. The number of oxazole rings is 1. The SMILES string of the molecule is O=C(NCCc1nc(-c2ccc3[nH]c(=O)oc3c2)cs1)c1ccccc1F. The molecule has 6 nitrogen and oxygen atoms in total. The summed E-state index contributed by atoms with van der Waals surface area (Å²) < 4.78 is 18.7. The quantitative estimate of drug-likeness (QED) is 0.553. The Kier molecular flexibility index (Phi) is 4.55. The van der Waals surface area contributed by atoms with E-state index in [4.69, 9.17) is 4.42 Å². The molecular weight excluding hydrogens is 369 g/mol. The molecule has 0 radical (unpaired) electrons. The first-order chi connectivity index (χ1) is 13.1. The maximum absolute atomic E-state index is 13.6. The molecule has 0 spiro atoms. The van der Waals surface area contributed by atoms with Crippen LogP contribution in [0.5, 0.6) is 0 Å². The second kappa shape index (κ2) is 7.16. The first kappa shape index (κ1) is 17.2. The molecule has 0 bridgehead atoms. The zero-order valence-corrected chi connectivity index (χ0v) is 14.8. The van der Waals surface area contributed by atoms with Crippen molar-refractivity contribution in [3.05, 3.63) is 74.8 Å². The molecule has 4 rings (SSSR count). The van der Waals surface area contributed by atoms with Gasteiger partial charge in [-0.2, -0.15) is 0 Å². The summed E-state index contributed by atoms with van der Waals surface area (Å²) in [5.41, 5.74) is 2.74. The maximum atomic E-state index is 13.6. The predicted octanol–water partition coefficient (Wildman–Crippen LogP) is 3.36. The fourth-order valence-electron chi connectivity index (χ4n) is 2.69. The predicted molar refractivity (Wildman–Crippen MR) is 100 cm³/mol. The molecule has 2 N–H and O–H groups in total. The van der Waals surface area contributed by atoms with E-state index in [1.807, 2.05) is 11.4 Å². The summed E-state index contributed by atoms with van der Waals surface area (Å²) in [6.45, 7) is 0.353. The van der Waals surface area contributed by atoms with Gasteiger partial charge in [-0.05, 0) is 24.3 Å². The topological polar surface area (TPSA) is 88.0 Å². The van der Waals surface area contributed by atoms with Gasteiger partial charge in [-0.3, -0.25) is 9.78 Å². The Morgan fingerprint density at radius 2 is 2.11 bits per heavy atom. The molecule has 0 aliphatic carbocycles. The highest BCUT2D eigenvalue weighted by Crippen LogP contribution is 2.25. The van der Waals surface area contributed by atoms with Crippen molar-refractivity contribution in [3.63, 3.8) is 0 Å². The molecule has 2 heterocycles. The third-order valence-corrected chi connectivity index (χ3v) is 4.92.